The zero-order valence-corrected chi connectivity index (χ0v) is 7.18. The predicted octanol–water partition coefficient (Wildman–Crippen LogP) is 2.66. The van der Waals surface area contributed by atoms with Crippen LogP contribution in [0.25, 0.3) is 0 Å². The van der Waals surface area contributed by atoms with Crippen LogP contribution in [-0.4, -0.2) is 0 Å². The first-order chi connectivity index (χ1) is 5.66. The highest BCUT2D eigenvalue weighted by Gasteiger charge is 2.09. The smallest absolute Gasteiger partial charge is 0.142 e. The van der Waals surface area contributed by atoms with Gasteiger partial charge in [-0.2, -0.15) is 0 Å². The van der Waals surface area contributed by atoms with Crippen molar-refractivity contribution in [3.8, 4) is 0 Å². The summed E-state index contributed by atoms with van der Waals surface area (Å²) >= 11 is 5.66. The molecule has 0 fully saturated rings. The van der Waals surface area contributed by atoms with Crippen LogP contribution >= 0.6 is 11.6 Å². The fourth-order valence-electron chi connectivity index (χ4n) is 0.905. The second-order valence-electron chi connectivity index (χ2n) is 2.40. The van der Waals surface area contributed by atoms with Gasteiger partial charge in [-0.1, -0.05) is 29.8 Å². The van der Waals surface area contributed by atoms with Crippen molar-refractivity contribution in [1.29, 1.82) is 0 Å². The molecule has 0 bridgehead atoms. The summed E-state index contributed by atoms with van der Waals surface area (Å²) in [5, 5.41) is 0.0740. The summed E-state index contributed by atoms with van der Waals surface area (Å²) in [6, 6.07) is 4.13. The molecule has 1 rings (SSSR count). The Morgan fingerprint density at radius 3 is 2.83 bits per heavy atom. The SMILES string of the molecule is C=CC(N)c1cccc(F)c1Cl. The fourth-order valence-corrected chi connectivity index (χ4v) is 1.16. The van der Waals surface area contributed by atoms with Gasteiger partial charge in [-0.15, -0.1) is 6.58 Å². The van der Waals surface area contributed by atoms with E-state index >= 15 is 0 Å². The molecule has 2 N–H and O–H groups in total. The van der Waals surface area contributed by atoms with E-state index in [2.05, 4.69) is 6.58 Å². The summed E-state index contributed by atoms with van der Waals surface area (Å²) in [6.45, 7) is 3.50. The number of hydrogen-bond donors (Lipinski definition) is 1. The summed E-state index contributed by atoms with van der Waals surface area (Å²) in [5.74, 6) is -0.452. The van der Waals surface area contributed by atoms with Gasteiger partial charge in [0.15, 0.2) is 0 Å². The van der Waals surface area contributed by atoms with Crippen molar-refractivity contribution in [2.75, 3.05) is 0 Å². The molecule has 1 aromatic carbocycles. The molecular weight excluding hydrogens is 177 g/mol. The largest absolute Gasteiger partial charge is 0.321 e. The Morgan fingerprint density at radius 1 is 1.58 bits per heavy atom. The van der Waals surface area contributed by atoms with Crippen molar-refractivity contribution in [2.24, 2.45) is 5.73 Å². The minimum atomic E-state index is -0.452. The molecule has 1 aromatic rings. The Hall–Kier alpha value is -0.860. The van der Waals surface area contributed by atoms with E-state index in [0.29, 0.717) is 5.56 Å². The third kappa shape index (κ3) is 1.65. The highest BCUT2D eigenvalue weighted by molar-refractivity contribution is 6.31. The minimum absolute atomic E-state index is 0.0740. The number of benzene rings is 1. The second-order valence-corrected chi connectivity index (χ2v) is 2.78. The Labute approximate surface area is 75.6 Å². The molecule has 0 spiro atoms. The zero-order valence-electron chi connectivity index (χ0n) is 6.43. The maximum atomic E-state index is 12.9. The van der Waals surface area contributed by atoms with Crippen molar-refractivity contribution < 1.29 is 4.39 Å². The lowest BCUT2D eigenvalue weighted by atomic mass is 10.1. The highest BCUT2D eigenvalue weighted by Crippen LogP contribution is 2.24. The summed E-state index contributed by atoms with van der Waals surface area (Å²) in [5.41, 5.74) is 6.16. The molecule has 1 atom stereocenters. The summed E-state index contributed by atoms with van der Waals surface area (Å²) in [4.78, 5) is 0. The first-order valence-electron chi connectivity index (χ1n) is 3.49. The van der Waals surface area contributed by atoms with E-state index in [-0.39, 0.29) is 5.02 Å². The number of hydrogen-bond acceptors (Lipinski definition) is 1. The molecule has 64 valence electrons. The molecule has 0 saturated carbocycles. The van der Waals surface area contributed by atoms with Crippen LogP contribution in [0.15, 0.2) is 30.9 Å². The Kier molecular flexibility index (Phi) is 2.84. The van der Waals surface area contributed by atoms with Crippen LogP contribution in [0.2, 0.25) is 5.02 Å². The molecule has 3 heteroatoms. The normalized spacial score (nSPS) is 12.6. The van der Waals surface area contributed by atoms with E-state index < -0.39 is 11.9 Å². The van der Waals surface area contributed by atoms with Gasteiger partial charge in [0, 0.05) is 6.04 Å². The van der Waals surface area contributed by atoms with Crippen LogP contribution in [-0.2, 0) is 0 Å². The average Bonchev–Trinajstić information content (AvgIpc) is 2.08. The fraction of sp³-hybridized carbons (Fsp3) is 0.111. The van der Waals surface area contributed by atoms with Gasteiger partial charge >= 0.3 is 0 Å². The first kappa shape index (κ1) is 9.23. The molecule has 0 aliphatic rings. The van der Waals surface area contributed by atoms with Crippen molar-refractivity contribution in [3.63, 3.8) is 0 Å². The highest BCUT2D eigenvalue weighted by atomic mass is 35.5. The lowest BCUT2D eigenvalue weighted by Crippen LogP contribution is -2.07. The molecule has 0 radical (unpaired) electrons. The molecule has 0 aliphatic carbocycles. The van der Waals surface area contributed by atoms with Crippen molar-refractivity contribution in [3.05, 3.63) is 47.3 Å². The predicted molar refractivity (Wildman–Crippen MR) is 48.5 cm³/mol. The van der Waals surface area contributed by atoms with Crippen LogP contribution in [0.5, 0.6) is 0 Å². The summed E-state index contributed by atoms with van der Waals surface area (Å²) in [7, 11) is 0. The first-order valence-corrected chi connectivity index (χ1v) is 3.86. The molecule has 0 saturated heterocycles. The molecule has 1 unspecified atom stereocenters. The number of rotatable bonds is 2. The number of nitrogens with two attached hydrogens (primary N) is 1. The zero-order chi connectivity index (χ0) is 9.14. The Morgan fingerprint density at radius 2 is 2.25 bits per heavy atom. The summed E-state index contributed by atoms with van der Waals surface area (Å²) < 4.78 is 12.9. The van der Waals surface area contributed by atoms with Gasteiger partial charge < -0.3 is 5.73 Å². The van der Waals surface area contributed by atoms with Crippen molar-refractivity contribution in [1.82, 2.24) is 0 Å². The Balaban J connectivity index is 3.15. The standard InChI is InChI=1S/C9H9ClFN/c1-2-8(12)6-4-3-5-7(11)9(6)10/h2-5,8H,1,12H2. The van der Waals surface area contributed by atoms with Gasteiger partial charge in [0.25, 0.3) is 0 Å². The van der Waals surface area contributed by atoms with Gasteiger partial charge in [0.05, 0.1) is 5.02 Å². The van der Waals surface area contributed by atoms with Gasteiger partial charge in [0.1, 0.15) is 5.82 Å². The van der Waals surface area contributed by atoms with E-state index in [0.717, 1.165) is 0 Å². The molecule has 12 heavy (non-hydrogen) atoms. The third-order valence-electron chi connectivity index (χ3n) is 1.59. The maximum absolute atomic E-state index is 12.9. The van der Waals surface area contributed by atoms with Gasteiger partial charge in [-0.05, 0) is 11.6 Å². The molecular formula is C9H9ClFN. The molecule has 0 aromatic heterocycles. The minimum Gasteiger partial charge on any atom is -0.321 e. The molecule has 0 amide bonds. The van der Waals surface area contributed by atoms with Crippen LogP contribution < -0.4 is 5.73 Å². The van der Waals surface area contributed by atoms with Crippen molar-refractivity contribution >= 4 is 11.6 Å². The summed E-state index contributed by atoms with van der Waals surface area (Å²) in [6.07, 6.45) is 1.51. The molecule has 1 nitrogen and oxygen atoms in total. The molecule has 0 aliphatic heterocycles. The third-order valence-corrected chi connectivity index (χ3v) is 1.99. The van der Waals surface area contributed by atoms with Gasteiger partial charge in [-0.3, -0.25) is 0 Å². The van der Waals surface area contributed by atoms with Gasteiger partial charge in [-0.25, -0.2) is 4.39 Å². The van der Waals surface area contributed by atoms with E-state index in [4.69, 9.17) is 17.3 Å². The van der Waals surface area contributed by atoms with Crippen LogP contribution in [0.3, 0.4) is 0 Å². The Bertz CT molecular complexity index is 299. The molecule has 0 heterocycles. The topological polar surface area (TPSA) is 26.0 Å². The van der Waals surface area contributed by atoms with Crippen LogP contribution in [0, 0.1) is 5.82 Å². The average molecular weight is 186 g/mol. The quantitative estimate of drug-likeness (QED) is 0.705. The van der Waals surface area contributed by atoms with E-state index in [1.54, 1.807) is 12.1 Å². The number of halogens is 2. The van der Waals surface area contributed by atoms with Crippen LogP contribution in [0.4, 0.5) is 4.39 Å². The lowest BCUT2D eigenvalue weighted by molar-refractivity contribution is 0.624. The van der Waals surface area contributed by atoms with Gasteiger partial charge in [0.2, 0.25) is 0 Å². The van der Waals surface area contributed by atoms with E-state index in [1.165, 1.54) is 12.1 Å². The van der Waals surface area contributed by atoms with E-state index in [9.17, 15) is 4.39 Å². The lowest BCUT2D eigenvalue weighted by Gasteiger charge is -2.08. The van der Waals surface area contributed by atoms with E-state index in [1.807, 2.05) is 0 Å². The second kappa shape index (κ2) is 3.70. The monoisotopic (exact) mass is 185 g/mol. The maximum Gasteiger partial charge on any atom is 0.142 e. The van der Waals surface area contributed by atoms with Crippen molar-refractivity contribution in [2.45, 2.75) is 6.04 Å². The van der Waals surface area contributed by atoms with Crippen LogP contribution in [0.1, 0.15) is 11.6 Å².